The number of carbonyl (C=O) groups excluding carboxylic acids is 2. The van der Waals surface area contributed by atoms with Gasteiger partial charge in [-0.05, 0) is 12.8 Å². The summed E-state index contributed by atoms with van der Waals surface area (Å²) >= 11 is 0. The Morgan fingerprint density at radius 3 is 2.35 bits per heavy atom. The van der Waals surface area contributed by atoms with E-state index >= 15 is 0 Å². The normalized spacial score (nSPS) is 21.4. The molecular weight excluding hydrogens is 220 g/mol. The molecule has 1 atom stereocenters. The number of hydrogen-bond donors (Lipinski definition) is 2. The molecule has 0 bridgehead atoms. The zero-order chi connectivity index (χ0) is 13.1. The van der Waals surface area contributed by atoms with Crippen LogP contribution in [0.25, 0.3) is 0 Å². The van der Waals surface area contributed by atoms with E-state index in [0.29, 0.717) is 6.54 Å². The van der Waals surface area contributed by atoms with E-state index in [1.54, 1.807) is 0 Å². The molecule has 1 unspecified atom stereocenters. The van der Waals surface area contributed by atoms with Crippen LogP contribution < -0.4 is 5.32 Å². The van der Waals surface area contributed by atoms with E-state index in [1.807, 2.05) is 13.8 Å². The Bertz CT molecular complexity index is 292. The average molecular weight is 242 g/mol. The van der Waals surface area contributed by atoms with Gasteiger partial charge in [-0.25, -0.2) is 0 Å². The summed E-state index contributed by atoms with van der Waals surface area (Å²) in [5, 5.41) is 12.5. The smallest absolute Gasteiger partial charge is 0.246 e. The summed E-state index contributed by atoms with van der Waals surface area (Å²) in [4.78, 5) is 24.2. The van der Waals surface area contributed by atoms with E-state index in [1.165, 1.54) is 7.05 Å². The topological polar surface area (TPSA) is 69.6 Å². The van der Waals surface area contributed by atoms with Gasteiger partial charge >= 0.3 is 0 Å². The summed E-state index contributed by atoms with van der Waals surface area (Å²) < 4.78 is 0. The maximum absolute atomic E-state index is 11.7. The lowest BCUT2D eigenvalue weighted by molar-refractivity contribution is -0.137. The first-order valence-electron chi connectivity index (χ1n) is 6.14. The Hall–Kier alpha value is -0.940. The van der Waals surface area contributed by atoms with Gasteiger partial charge in [0.15, 0.2) is 0 Å². The van der Waals surface area contributed by atoms with Crippen molar-refractivity contribution in [2.45, 2.75) is 39.2 Å². The Labute approximate surface area is 102 Å². The SMILES string of the molecule is CCC(CC)(CO)CNC1CC(=O)N(C)C1=O. The molecule has 0 saturated carbocycles. The van der Waals surface area contributed by atoms with Gasteiger partial charge in [-0.3, -0.25) is 14.5 Å². The van der Waals surface area contributed by atoms with E-state index in [-0.39, 0.29) is 30.3 Å². The molecule has 0 spiro atoms. The Morgan fingerprint density at radius 1 is 1.41 bits per heavy atom. The molecule has 1 rings (SSSR count). The third kappa shape index (κ3) is 2.84. The number of likely N-dealkylation sites (tertiary alicyclic amines) is 1. The molecule has 1 heterocycles. The van der Waals surface area contributed by atoms with Crippen molar-refractivity contribution >= 4 is 11.8 Å². The van der Waals surface area contributed by atoms with Crippen molar-refractivity contribution in [3.05, 3.63) is 0 Å². The van der Waals surface area contributed by atoms with Gasteiger partial charge < -0.3 is 10.4 Å². The van der Waals surface area contributed by atoms with Gasteiger partial charge in [0.05, 0.1) is 12.5 Å². The molecule has 0 aromatic carbocycles. The largest absolute Gasteiger partial charge is 0.396 e. The van der Waals surface area contributed by atoms with Crippen molar-refractivity contribution in [2.75, 3.05) is 20.2 Å². The van der Waals surface area contributed by atoms with Crippen molar-refractivity contribution in [3.63, 3.8) is 0 Å². The Balaban J connectivity index is 2.56. The summed E-state index contributed by atoms with van der Waals surface area (Å²) in [5.74, 6) is -0.316. The number of imide groups is 1. The molecule has 17 heavy (non-hydrogen) atoms. The van der Waals surface area contributed by atoms with Crippen molar-refractivity contribution in [2.24, 2.45) is 5.41 Å². The lowest BCUT2D eigenvalue weighted by Crippen LogP contribution is -2.44. The highest BCUT2D eigenvalue weighted by atomic mass is 16.3. The lowest BCUT2D eigenvalue weighted by atomic mass is 9.83. The second-order valence-corrected chi connectivity index (χ2v) is 4.79. The first kappa shape index (κ1) is 14.1. The first-order chi connectivity index (χ1) is 7.99. The van der Waals surface area contributed by atoms with Crippen LogP contribution in [-0.2, 0) is 9.59 Å². The molecule has 1 saturated heterocycles. The van der Waals surface area contributed by atoms with Gasteiger partial charge in [0.1, 0.15) is 0 Å². The number of carbonyl (C=O) groups is 2. The fourth-order valence-corrected chi connectivity index (χ4v) is 2.03. The monoisotopic (exact) mass is 242 g/mol. The van der Waals surface area contributed by atoms with Crippen LogP contribution in [0.3, 0.4) is 0 Å². The summed E-state index contributed by atoms with van der Waals surface area (Å²) in [6.45, 7) is 4.70. The van der Waals surface area contributed by atoms with E-state index in [4.69, 9.17) is 0 Å². The molecule has 1 fully saturated rings. The number of aliphatic hydroxyl groups excluding tert-OH is 1. The molecule has 0 aromatic heterocycles. The van der Waals surface area contributed by atoms with Crippen LogP contribution in [0.15, 0.2) is 0 Å². The van der Waals surface area contributed by atoms with Gasteiger partial charge in [0.2, 0.25) is 11.8 Å². The predicted molar refractivity (Wildman–Crippen MR) is 64.3 cm³/mol. The van der Waals surface area contributed by atoms with Crippen LogP contribution in [0.2, 0.25) is 0 Å². The van der Waals surface area contributed by atoms with Gasteiger partial charge in [0, 0.05) is 25.6 Å². The van der Waals surface area contributed by atoms with Crippen molar-refractivity contribution in [3.8, 4) is 0 Å². The number of likely N-dealkylation sites (N-methyl/N-ethyl adjacent to an activating group) is 1. The standard InChI is InChI=1S/C12H22N2O3/c1-4-12(5-2,8-15)7-13-9-6-10(16)14(3)11(9)17/h9,13,15H,4-8H2,1-3H3. The second kappa shape index (κ2) is 5.60. The van der Waals surface area contributed by atoms with Gasteiger partial charge in [-0.1, -0.05) is 13.8 Å². The van der Waals surface area contributed by atoms with E-state index < -0.39 is 6.04 Å². The summed E-state index contributed by atoms with van der Waals surface area (Å²) in [7, 11) is 1.51. The average Bonchev–Trinajstić information content (AvgIpc) is 2.59. The van der Waals surface area contributed by atoms with Crippen LogP contribution in [0.1, 0.15) is 33.1 Å². The Kier molecular flexibility index (Phi) is 4.65. The van der Waals surface area contributed by atoms with Crippen LogP contribution in [-0.4, -0.2) is 48.1 Å². The molecule has 1 aliphatic rings. The molecule has 2 N–H and O–H groups in total. The highest BCUT2D eigenvalue weighted by Crippen LogP contribution is 2.25. The van der Waals surface area contributed by atoms with Crippen LogP contribution in [0.5, 0.6) is 0 Å². The van der Waals surface area contributed by atoms with Gasteiger partial charge in [0.25, 0.3) is 0 Å². The number of nitrogens with one attached hydrogen (secondary N) is 1. The fraction of sp³-hybridized carbons (Fsp3) is 0.833. The van der Waals surface area contributed by atoms with Crippen molar-refractivity contribution in [1.82, 2.24) is 10.2 Å². The highest BCUT2D eigenvalue weighted by Gasteiger charge is 2.37. The molecule has 5 nitrogen and oxygen atoms in total. The zero-order valence-electron chi connectivity index (χ0n) is 10.8. The molecule has 2 amide bonds. The minimum Gasteiger partial charge on any atom is -0.396 e. The number of amides is 2. The van der Waals surface area contributed by atoms with Gasteiger partial charge in [-0.15, -0.1) is 0 Å². The van der Waals surface area contributed by atoms with Crippen LogP contribution in [0.4, 0.5) is 0 Å². The number of aliphatic hydroxyl groups is 1. The maximum Gasteiger partial charge on any atom is 0.246 e. The van der Waals surface area contributed by atoms with Crippen LogP contribution >= 0.6 is 0 Å². The number of hydrogen-bond acceptors (Lipinski definition) is 4. The summed E-state index contributed by atoms with van der Waals surface area (Å²) in [6, 6.07) is -0.420. The third-order valence-corrected chi connectivity index (χ3v) is 3.94. The zero-order valence-corrected chi connectivity index (χ0v) is 10.8. The van der Waals surface area contributed by atoms with E-state index in [9.17, 15) is 14.7 Å². The Morgan fingerprint density at radius 2 is 2.00 bits per heavy atom. The molecule has 0 aromatic rings. The molecule has 1 aliphatic heterocycles. The minimum atomic E-state index is -0.420. The summed E-state index contributed by atoms with van der Waals surface area (Å²) in [5.41, 5.74) is -0.190. The van der Waals surface area contributed by atoms with E-state index in [2.05, 4.69) is 5.32 Å². The molecule has 5 heteroatoms. The van der Waals surface area contributed by atoms with Crippen molar-refractivity contribution in [1.29, 1.82) is 0 Å². The lowest BCUT2D eigenvalue weighted by Gasteiger charge is -2.30. The maximum atomic E-state index is 11.7. The second-order valence-electron chi connectivity index (χ2n) is 4.79. The molecular formula is C12H22N2O3. The number of rotatable bonds is 6. The predicted octanol–water partition coefficient (Wildman–Crippen LogP) is 0.132. The van der Waals surface area contributed by atoms with E-state index in [0.717, 1.165) is 17.7 Å². The quantitative estimate of drug-likeness (QED) is 0.650. The summed E-state index contributed by atoms with van der Waals surface area (Å²) in [6.07, 6.45) is 1.92. The molecule has 0 aliphatic carbocycles. The number of nitrogens with zero attached hydrogens (tertiary/aromatic N) is 1. The van der Waals surface area contributed by atoms with Crippen molar-refractivity contribution < 1.29 is 14.7 Å². The molecule has 0 radical (unpaired) electrons. The van der Waals surface area contributed by atoms with Crippen LogP contribution in [0, 0.1) is 5.41 Å². The molecule has 98 valence electrons. The third-order valence-electron chi connectivity index (χ3n) is 3.94. The highest BCUT2D eigenvalue weighted by molar-refractivity contribution is 6.05. The first-order valence-corrected chi connectivity index (χ1v) is 6.14. The fourth-order valence-electron chi connectivity index (χ4n) is 2.03. The minimum absolute atomic E-state index is 0.0949. The van der Waals surface area contributed by atoms with Gasteiger partial charge in [-0.2, -0.15) is 0 Å².